The van der Waals surface area contributed by atoms with Gasteiger partial charge in [0.05, 0.1) is 17.1 Å². The first kappa shape index (κ1) is 12.8. The molecule has 5 heteroatoms. The van der Waals surface area contributed by atoms with Gasteiger partial charge < -0.3 is 5.32 Å². The zero-order valence-corrected chi connectivity index (χ0v) is 12.7. The third kappa shape index (κ3) is 2.11. The molecule has 0 fully saturated rings. The highest BCUT2D eigenvalue weighted by atomic mass is 35.5. The highest BCUT2D eigenvalue weighted by molar-refractivity contribution is 7.80. The van der Waals surface area contributed by atoms with E-state index in [1.807, 2.05) is 53.1 Å². The second-order valence-corrected chi connectivity index (χ2v) is 5.93. The zero-order chi connectivity index (χ0) is 14.4. The van der Waals surface area contributed by atoms with E-state index in [0.717, 1.165) is 28.3 Å². The summed E-state index contributed by atoms with van der Waals surface area (Å²) in [6.07, 6.45) is 0.802. The molecule has 4 rings (SSSR count). The van der Waals surface area contributed by atoms with Crippen LogP contribution < -0.4 is 5.32 Å². The molecule has 1 aromatic heterocycles. The zero-order valence-electron chi connectivity index (χ0n) is 11.1. The Kier molecular flexibility index (Phi) is 2.94. The average Bonchev–Trinajstić information content (AvgIpc) is 2.86. The molecule has 1 atom stereocenters. The minimum Gasteiger partial charge on any atom is -0.355 e. The molecule has 0 saturated carbocycles. The molecule has 0 radical (unpaired) electrons. The van der Waals surface area contributed by atoms with Gasteiger partial charge in [-0.15, -0.1) is 0 Å². The van der Waals surface area contributed by atoms with E-state index < -0.39 is 0 Å². The van der Waals surface area contributed by atoms with Crippen LogP contribution in [-0.4, -0.2) is 14.7 Å². The van der Waals surface area contributed by atoms with Crippen molar-refractivity contribution in [3.63, 3.8) is 0 Å². The summed E-state index contributed by atoms with van der Waals surface area (Å²) < 4.78 is 2.02. The lowest BCUT2D eigenvalue weighted by atomic mass is 10.0. The number of nitrogens with one attached hydrogen (secondary N) is 1. The number of fused-ring (bicyclic) bond motifs is 3. The van der Waals surface area contributed by atoms with Crippen LogP contribution in [0.25, 0.3) is 11.0 Å². The predicted octanol–water partition coefficient (Wildman–Crippen LogP) is 3.71. The number of hydrogen-bond donors (Lipinski definition) is 1. The Morgan fingerprint density at radius 1 is 1.14 bits per heavy atom. The van der Waals surface area contributed by atoms with E-state index in [-0.39, 0.29) is 6.04 Å². The summed E-state index contributed by atoms with van der Waals surface area (Å²) in [7, 11) is 0. The molecule has 0 spiro atoms. The van der Waals surface area contributed by atoms with Crippen molar-refractivity contribution in [1.29, 1.82) is 0 Å². The largest absolute Gasteiger partial charge is 0.355 e. The van der Waals surface area contributed by atoms with Gasteiger partial charge in [-0.25, -0.2) is 4.98 Å². The normalized spacial score (nSPS) is 17.6. The summed E-state index contributed by atoms with van der Waals surface area (Å²) in [6, 6.07) is 16.1. The molecule has 1 aliphatic heterocycles. The Bertz CT molecular complexity index is 838. The summed E-state index contributed by atoms with van der Waals surface area (Å²) in [5.74, 6) is 1.000. The Balaban J connectivity index is 1.78. The Hall–Kier alpha value is -1.91. The summed E-state index contributed by atoms with van der Waals surface area (Å²) in [6.45, 7) is 0. The molecule has 21 heavy (non-hydrogen) atoms. The van der Waals surface area contributed by atoms with E-state index in [4.69, 9.17) is 28.8 Å². The van der Waals surface area contributed by atoms with Crippen LogP contribution in [0.2, 0.25) is 5.02 Å². The number of aromatic nitrogens is 2. The van der Waals surface area contributed by atoms with E-state index in [2.05, 4.69) is 5.32 Å². The van der Waals surface area contributed by atoms with Gasteiger partial charge in [-0.2, -0.15) is 0 Å². The van der Waals surface area contributed by atoms with Crippen LogP contribution in [0.15, 0.2) is 48.5 Å². The van der Waals surface area contributed by atoms with Gasteiger partial charge in [0, 0.05) is 11.4 Å². The summed E-state index contributed by atoms with van der Waals surface area (Å²) >= 11 is 11.5. The van der Waals surface area contributed by atoms with Crippen molar-refractivity contribution in [2.24, 2.45) is 0 Å². The first-order valence-electron chi connectivity index (χ1n) is 6.75. The van der Waals surface area contributed by atoms with E-state index in [0.29, 0.717) is 5.11 Å². The highest BCUT2D eigenvalue weighted by Crippen LogP contribution is 2.26. The lowest BCUT2D eigenvalue weighted by Crippen LogP contribution is -2.39. The second kappa shape index (κ2) is 4.83. The molecular weight excluding hydrogens is 302 g/mol. The van der Waals surface area contributed by atoms with Gasteiger partial charge in [-0.05, 0) is 42.0 Å². The van der Waals surface area contributed by atoms with Crippen LogP contribution in [0.3, 0.4) is 0 Å². The third-order valence-electron chi connectivity index (χ3n) is 3.79. The summed E-state index contributed by atoms with van der Waals surface area (Å²) in [5.41, 5.74) is 3.20. The van der Waals surface area contributed by atoms with Gasteiger partial charge in [-0.1, -0.05) is 35.9 Å². The minimum absolute atomic E-state index is 0.138. The number of hydrogen-bond acceptors (Lipinski definition) is 2. The number of halogens is 1. The van der Waals surface area contributed by atoms with Gasteiger partial charge in [0.25, 0.3) is 0 Å². The van der Waals surface area contributed by atoms with Crippen LogP contribution >= 0.6 is 23.8 Å². The Morgan fingerprint density at radius 2 is 1.90 bits per heavy atom. The average molecular weight is 314 g/mol. The quantitative estimate of drug-likeness (QED) is 0.695. The second-order valence-electron chi connectivity index (χ2n) is 5.11. The molecule has 0 saturated heterocycles. The highest BCUT2D eigenvalue weighted by Gasteiger charge is 2.25. The lowest BCUT2D eigenvalue weighted by Gasteiger charge is -2.27. The lowest BCUT2D eigenvalue weighted by molar-refractivity contribution is 0.584. The van der Waals surface area contributed by atoms with Gasteiger partial charge in [0.1, 0.15) is 5.82 Å². The molecule has 1 N–H and O–H groups in total. The van der Waals surface area contributed by atoms with E-state index in [1.54, 1.807) is 0 Å². The molecule has 3 aromatic rings. The fourth-order valence-corrected chi connectivity index (χ4v) is 3.25. The van der Waals surface area contributed by atoms with Crippen molar-refractivity contribution in [3.8, 4) is 0 Å². The maximum atomic E-state index is 5.95. The van der Waals surface area contributed by atoms with E-state index in [9.17, 15) is 0 Å². The SMILES string of the molecule is S=C1NC(c2ccc(Cl)cc2)Cc2nc3ccccc3n21. The van der Waals surface area contributed by atoms with Gasteiger partial charge in [-0.3, -0.25) is 4.57 Å². The van der Waals surface area contributed by atoms with Crippen LogP contribution in [0.5, 0.6) is 0 Å². The molecule has 0 aliphatic carbocycles. The van der Waals surface area contributed by atoms with Crippen molar-refractivity contribution in [2.45, 2.75) is 12.5 Å². The van der Waals surface area contributed by atoms with Gasteiger partial charge in [0.2, 0.25) is 0 Å². The number of benzene rings is 2. The van der Waals surface area contributed by atoms with Crippen molar-refractivity contribution in [2.75, 3.05) is 0 Å². The van der Waals surface area contributed by atoms with Gasteiger partial charge in [0.15, 0.2) is 5.11 Å². The molecular formula is C16H12ClN3S. The van der Waals surface area contributed by atoms with Crippen molar-refractivity contribution >= 4 is 40.0 Å². The van der Waals surface area contributed by atoms with E-state index in [1.165, 1.54) is 5.56 Å². The molecule has 0 amide bonds. The third-order valence-corrected chi connectivity index (χ3v) is 4.34. The first-order valence-corrected chi connectivity index (χ1v) is 7.54. The van der Waals surface area contributed by atoms with Crippen molar-refractivity contribution in [1.82, 2.24) is 14.9 Å². The fourth-order valence-electron chi connectivity index (χ4n) is 2.78. The Labute approximate surface area is 132 Å². The smallest absolute Gasteiger partial charge is 0.179 e. The standard InChI is InChI=1S/C16H12ClN3S/c17-11-7-5-10(6-8-11)13-9-15-18-12-3-1-2-4-14(12)20(15)16(21)19-13/h1-8,13H,9H2,(H,19,21). The van der Waals surface area contributed by atoms with Crippen LogP contribution in [-0.2, 0) is 6.42 Å². The Morgan fingerprint density at radius 3 is 2.71 bits per heavy atom. The number of imidazole rings is 1. The van der Waals surface area contributed by atoms with Crippen LogP contribution in [0, 0.1) is 0 Å². The van der Waals surface area contributed by atoms with Crippen LogP contribution in [0.1, 0.15) is 17.4 Å². The van der Waals surface area contributed by atoms with E-state index >= 15 is 0 Å². The monoisotopic (exact) mass is 313 g/mol. The van der Waals surface area contributed by atoms with Gasteiger partial charge >= 0.3 is 0 Å². The summed E-state index contributed by atoms with van der Waals surface area (Å²) in [5, 5.41) is 4.84. The number of nitrogens with zero attached hydrogens (tertiary/aromatic N) is 2. The molecule has 2 heterocycles. The number of thiocarbonyl (C=S) groups is 1. The minimum atomic E-state index is 0.138. The fraction of sp³-hybridized carbons (Fsp3) is 0.125. The molecule has 0 bridgehead atoms. The number of para-hydroxylation sites is 2. The van der Waals surface area contributed by atoms with Crippen LogP contribution in [0.4, 0.5) is 0 Å². The van der Waals surface area contributed by atoms with Crippen molar-refractivity contribution in [3.05, 3.63) is 64.9 Å². The molecule has 1 unspecified atom stereocenters. The maximum Gasteiger partial charge on any atom is 0.179 e. The summed E-state index contributed by atoms with van der Waals surface area (Å²) in [4.78, 5) is 4.71. The molecule has 3 nitrogen and oxygen atoms in total. The molecule has 2 aromatic carbocycles. The molecule has 1 aliphatic rings. The van der Waals surface area contributed by atoms with Crippen molar-refractivity contribution < 1.29 is 0 Å². The first-order chi connectivity index (χ1) is 10.2. The maximum absolute atomic E-state index is 5.95. The number of rotatable bonds is 1. The predicted molar refractivity (Wildman–Crippen MR) is 88.8 cm³/mol. The topological polar surface area (TPSA) is 29.9 Å². The molecule has 104 valence electrons.